The fraction of sp³-hybridized carbons (Fsp3) is 0.160. The van der Waals surface area contributed by atoms with Crippen LogP contribution in [0.25, 0.3) is 28.2 Å². The van der Waals surface area contributed by atoms with Crippen molar-refractivity contribution in [3.8, 4) is 51.2 Å². The lowest BCUT2D eigenvalue weighted by atomic mass is 10.1. The van der Waals surface area contributed by atoms with Crippen molar-refractivity contribution in [1.82, 2.24) is 9.78 Å². The van der Waals surface area contributed by atoms with Crippen molar-refractivity contribution in [2.45, 2.75) is 0 Å². The smallest absolute Gasteiger partial charge is 0.161 e. The molecule has 0 spiro atoms. The predicted octanol–water partition coefficient (Wildman–Crippen LogP) is 6.55. The number of methoxy groups -OCH3 is 4. The summed E-state index contributed by atoms with van der Waals surface area (Å²) in [6.07, 6.45) is 0. The van der Waals surface area contributed by atoms with Crippen molar-refractivity contribution < 1.29 is 18.9 Å². The van der Waals surface area contributed by atoms with E-state index in [1.165, 1.54) is 0 Å². The van der Waals surface area contributed by atoms with Crippen LogP contribution in [-0.4, -0.2) is 38.2 Å². The first-order valence-corrected chi connectivity index (χ1v) is 10.7. The number of aromatic nitrogens is 2. The van der Waals surface area contributed by atoms with Gasteiger partial charge in [-0.25, -0.2) is 4.68 Å². The quantitative estimate of drug-likeness (QED) is 0.297. The average Bonchev–Trinajstić information content (AvgIpc) is 3.28. The van der Waals surface area contributed by atoms with Gasteiger partial charge < -0.3 is 18.9 Å². The number of ether oxygens (including phenoxy) is 4. The zero-order valence-electron chi connectivity index (χ0n) is 18.6. The van der Waals surface area contributed by atoms with Crippen LogP contribution in [0.2, 0.25) is 10.0 Å². The van der Waals surface area contributed by atoms with E-state index >= 15 is 0 Å². The highest BCUT2D eigenvalue weighted by Gasteiger charge is 2.18. The van der Waals surface area contributed by atoms with Crippen LogP contribution >= 0.6 is 23.2 Å². The molecule has 4 aromatic rings. The van der Waals surface area contributed by atoms with E-state index in [1.807, 2.05) is 48.5 Å². The van der Waals surface area contributed by atoms with Gasteiger partial charge in [-0.15, -0.1) is 0 Å². The Morgan fingerprint density at radius 3 is 1.79 bits per heavy atom. The van der Waals surface area contributed by atoms with Gasteiger partial charge in [-0.3, -0.25) is 0 Å². The summed E-state index contributed by atoms with van der Waals surface area (Å²) in [7, 11) is 6.40. The van der Waals surface area contributed by atoms with Crippen molar-refractivity contribution >= 4 is 23.2 Å². The van der Waals surface area contributed by atoms with Gasteiger partial charge in [0.1, 0.15) is 0 Å². The molecule has 4 rings (SSSR count). The van der Waals surface area contributed by atoms with Gasteiger partial charge in [0, 0.05) is 16.1 Å². The average molecular weight is 485 g/mol. The van der Waals surface area contributed by atoms with Gasteiger partial charge in [-0.1, -0.05) is 23.2 Å². The number of nitrogens with zero attached hydrogens (tertiary/aromatic N) is 2. The minimum absolute atomic E-state index is 0.478. The first-order valence-electron chi connectivity index (χ1n) is 9.99. The lowest BCUT2D eigenvalue weighted by molar-refractivity contribution is 0.355. The maximum Gasteiger partial charge on any atom is 0.161 e. The van der Waals surface area contributed by atoms with E-state index in [-0.39, 0.29) is 0 Å². The Labute approximate surface area is 202 Å². The third kappa shape index (κ3) is 4.45. The second-order valence-electron chi connectivity index (χ2n) is 7.06. The van der Waals surface area contributed by atoms with Crippen molar-refractivity contribution in [2.24, 2.45) is 0 Å². The Hall–Kier alpha value is -3.35. The Bertz CT molecular complexity index is 1300. The maximum atomic E-state index is 6.55. The van der Waals surface area contributed by atoms with Crippen LogP contribution in [-0.2, 0) is 0 Å². The molecule has 0 atom stereocenters. The summed E-state index contributed by atoms with van der Waals surface area (Å²) in [6.45, 7) is 0. The topological polar surface area (TPSA) is 54.7 Å². The molecule has 1 aromatic heterocycles. The minimum atomic E-state index is 0.478. The molecule has 3 aromatic carbocycles. The van der Waals surface area contributed by atoms with Gasteiger partial charge in [0.25, 0.3) is 0 Å². The molecule has 0 saturated heterocycles. The molecule has 0 aliphatic carbocycles. The molecule has 33 heavy (non-hydrogen) atoms. The molecule has 0 bridgehead atoms. The van der Waals surface area contributed by atoms with E-state index in [9.17, 15) is 0 Å². The van der Waals surface area contributed by atoms with Gasteiger partial charge in [0.15, 0.2) is 23.0 Å². The van der Waals surface area contributed by atoms with Crippen LogP contribution in [0.15, 0.2) is 60.7 Å². The number of benzene rings is 3. The Morgan fingerprint density at radius 1 is 0.636 bits per heavy atom. The third-order valence-corrected chi connectivity index (χ3v) is 5.74. The second-order valence-corrected chi connectivity index (χ2v) is 7.91. The molecule has 0 fully saturated rings. The zero-order chi connectivity index (χ0) is 23.5. The number of hydrogen-bond acceptors (Lipinski definition) is 5. The highest BCUT2D eigenvalue weighted by molar-refractivity contribution is 6.35. The highest BCUT2D eigenvalue weighted by Crippen LogP contribution is 2.38. The van der Waals surface area contributed by atoms with Crippen molar-refractivity contribution in [3.63, 3.8) is 0 Å². The molecule has 170 valence electrons. The normalized spacial score (nSPS) is 10.7. The maximum absolute atomic E-state index is 6.55. The lowest BCUT2D eigenvalue weighted by Crippen LogP contribution is -2.01. The molecule has 0 unspecified atom stereocenters. The van der Waals surface area contributed by atoms with Gasteiger partial charge in [-0.2, -0.15) is 5.10 Å². The SMILES string of the molecule is COc1ccc(-c2cc(-c3ccc(OC)c(OC)c3)n(-c3ccc(Cl)cc3Cl)n2)cc1OC. The van der Waals surface area contributed by atoms with E-state index in [0.29, 0.717) is 38.7 Å². The predicted molar refractivity (Wildman–Crippen MR) is 131 cm³/mol. The molecule has 6 nitrogen and oxygen atoms in total. The van der Waals surface area contributed by atoms with Gasteiger partial charge >= 0.3 is 0 Å². The molecular weight excluding hydrogens is 463 g/mol. The molecule has 0 aliphatic rings. The summed E-state index contributed by atoms with van der Waals surface area (Å²) >= 11 is 12.7. The van der Waals surface area contributed by atoms with Crippen molar-refractivity contribution in [2.75, 3.05) is 28.4 Å². The molecule has 0 radical (unpaired) electrons. The van der Waals surface area contributed by atoms with Crippen LogP contribution < -0.4 is 18.9 Å². The van der Waals surface area contributed by atoms with Crippen LogP contribution in [0.5, 0.6) is 23.0 Å². The fourth-order valence-electron chi connectivity index (χ4n) is 3.56. The Balaban J connectivity index is 1.93. The first-order chi connectivity index (χ1) is 16.0. The van der Waals surface area contributed by atoms with E-state index in [4.69, 9.17) is 47.2 Å². The number of hydrogen-bond donors (Lipinski definition) is 0. The third-order valence-electron chi connectivity index (χ3n) is 5.21. The molecule has 8 heteroatoms. The molecular formula is C25H22Cl2N2O4. The molecule has 0 saturated carbocycles. The highest BCUT2D eigenvalue weighted by atomic mass is 35.5. The standard InChI is InChI=1S/C25H22Cl2N2O4/c1-30-22-9-5-15(11-24(22)32-3)19-14-21(16-6-10-23(31-2)25(12-16)33-4)29(28-19)20-8-7-17(26)13-18(20)27/h5-14H,1-4H3. The van der Waals surface area contributed by atoms with E-state index in [1.54, 1.807) is 45.3 Å². The molecule has 1 heterocycles. The lowest BCUT2D eigenvalue weighted by Gasteiger charge is -2.12. The van der Waals surface area contributed by atoms with E-state index in [0.717, 1.165) is 22.5 Å². The zero-order valence-corrected chi connectivity index (χ0v) is 20.1. The summed E-state index contributed by atoms with van der Waals surface area (Å²) in [5, 5.41) is 5.89. The summed E-state index contributed by atoms with van der Waals surface area (Å²) in [5.41, 5.74) is 3.96. The molecule has 0 N–H and O–H groups in total. The van der Waals surface area contributed by atoms with E-state index in [2.05, 4.69) is 0 Å². The van der Waals surface area contributed by atoms with Crippen LogP contribution in [0.4, 0.5) is 0 Å². The summed E-state index contributed by atoms with van der Waals surface area (Å²) in [5.74, 6) is 2.50. The van der Waals surface area contributed by atoms with Crippen LogP contribution in [0, 0.1) is 0 Å². The monoisotopic (exact) mass is 484 g/mol. The Morgan fingerprint density at radius 2 is 1.21 bits per heavy atom. The summed E-state index contributed by atoms with van der Waals surface area (Å²) < 4.78 is 23.5. The largest absolute Gasteiger partial charge is 0.493 e. The first kappa shape index (κ1) is 22.8. The summed E-state index contributed by atoms with van der Waals surface area (Å²) in [4.78, 5) is 0. The molecule has 0 aliphatic heterocycles. The van der Waals surface area contributed by atoms with Gasteiger partial charge in [-0.05, 0) is 60.7 Å². The van der Waals surface area contributed by atoms with Gasteiger partial charge in [0.2, 0.25) is 0 Å². The van der Waals surface area contributed by atoms with Crippen molar-refractivity contribution in [1.29, 1.82) is 0 Å². The molecule has 0 amide bonds. The summed E-state index contributed by atoms with van der Waals surface area (Å²) in [6, 6.07) is 18.6. The van der Waals surface area contributed by atoms with Crippen LogP contribution in [0.3, 0.4) is 0 Å². The second kappa shape index (κ2) is 9.65. The van der Waals surface area contributed by atoms with Crippen molar-refractivity contribution in [3.05, 3.63) is 70.7 Å². The minimum Gasteiger partial charge on any atom is -0.493 e. The van der Waals surface area contributed by atoms with Crippen LogP contribution in [0.1, 0.15) is 0 Å². The van der Waals surface area contributed by atoms with Gasteiger partial charge in [0.05, 0.1) is 50.5 Å². The number of rotatable bonds is 7. The number of halogens is 2. The van der Waals surface area contributed by atoms with E-state index < -0.39 is 0 Å². The fourth-order valence-corrected chi connectivity index (χ4v) is 4.04. The Kier molecular flexibility index (Phi) is 6.67.